The summed E-state index contributed by atoms with van der Waals surface area (Å²) in [6.45, 7) is 1.18. The van der Waals surface area contributed by atoms with Gasteiger partial charge in [0.1, 0.15) is 5.82 Å². The summed E-state index contributed by atoms with van der Waals surface area (Å²) in [4.78, 5) is 14.4. The van der Waals surface area contributed by atoms with Crippen LogP contribution in [0.25, 0.3) is 0 Å². The van der Waals surface area contributed by atoms with Gasteiger partial charge in [-0.2, -0.15) is 0 Å². The number of carbonyl (C=O) groups excluding carboxylic acids is 1. The van der Waals surface area contributed by atoms with Gasteiger partial charge in [0.25, 0.3) is 0 Å². The van der Waals surface area contributed by atoms with E-state index in [-0.39, 0.29) is 11.7 Å². The Morgan fingerprint density at radius 1 is 1.14 bits per heavy atom. The zero-order valence-corrected chi connectivity index (χ0v) is 12.4. The first kappa shape index (κ1) is 14.5. The number of hydrogen-bond donors (Lipinski definition) is 1. The average Bonchev–Trinajstić information content (AvgIpc) is 3.19. The maximum atomic E-state index is 13.0. The molecule has 21 heavy (non-hydrogen) atoms. The molecule has 0 heterocycles. The molecule has 1 aromatic rings. The zero-order chi connectivity index (χ0) is 14.7. The van der Waals surface area contributed by atoms with Gasteiger partial charge in [-0.1, -0.05) is 25.0 Å². The lowest BCUT2D eigenvalue weighted by Crippen LogP contribution is -2.41. The molecule has 0 radical (unpaired) electrons. The lowest BCUT2D eigenvalue weighted by atomic mass is 10.2. The fourth-order valence-electron chi connectivity index (χ4n) is 3.11. The number of nitrogens with zero attached hydrogens (tertiary/aromatic N) is 1. The minimum Gasteiger partial charge on any atom is -0.352 e. The maximum absolute atomic E-state index is 13.0. The lowest BCUT2D eigenvalue weighted by Gasteiger charge is -2.22. The van der Waals surface area contributed by atoms with Gasteiger partial charge >= 0.3 is 0 Å². The number of rotatable bonds is 6. The fraction of sp³-hybridized carbons (Fsp3) is 0.588. The van der Waals surface area contributed by atoms with Crippen LogP contribution in [0.5, 0.6) is 0 Å². The van der Waals surface area contributed by atoms with Gasteiger partial charge in [-0.3, -0.25) is 9.69 Å². The van der Waals surface area contributed by atoms with E-state index in [1.54, 1.807) is 12.1 Å². The van der Waals surface area contributed by atoms with E-state index in [1.807, 2.05) is 0 Å². The summed E-state index contributed by atoms with van der Waals surface area (Å²) in [6, 6.07) is 7.48. The zero-order valence-electron chi connectivity index (χ0n) is 12.4. The molecule has 3 rings (SSSR count). The predicted molar refractivity (Wildman–Crippen MR) is 80.2 cm³/mol. The number of nitrogens with one attached hydrogen (secondary N) is 1. The average molecular weight is 290 g/mol. The van der Waals surface area contributed by atoms with Crippen LogP contribution in [-0.4, -0.2) is 29.4 Å². The SMILES string of the molecule is O=C(CN(Cc1ccc(F)cc1)C1CC1)NC1CCCC1. The third-order valence-corrected chi connectivity index (χ3v) is 4.43. The molecule has 2 fully saturated rings. The summed E-state index contributed by atoms with van der Waals surface area (Å²) < 4.78 is 13.0. The van der Waals surface area contributed by atoms with E-state index in [4.69, 9.17) is 0 Å². The smallest absolute Gasteiger partial charge is 0.234 e. The molecular formula is C17H23FN2O. The van der Waals surface area contributed by atoms with Crippen LogP contribution in [-0.2, 0) is 11.3 Å². The van der Waals surface area contributed by atoms with Gasteiger partial charge in [-0.05, 0) is 43.4 Å². The topological polar surface area (TPSA) is 32.3 Å². The van der Waals surface area contributed by atoms with Crippen molar-refractivity contribution in [1.29, 1.82) is 0 Å². The molecule has 2 aliphatic rings. The molecule has 0 atom stereocenters. The van der Waals surface area contributed by atoms with Gasteiger partial charge in [-0.15, -0.1) is 0 Å². The normalized spacial score (nSPS) is 19.1. The van der Waals surface area contributed by atoms with Crippen molar-refractivity contribution < 1.29 is 9.18 Å². The van der Waals surface area contributed by atoms with Crippen molar-refractivity contribution in [2.75, 3.05) is 6.54 Å². The number of hydrogen-bond acceptors (Lipinski definition) is 2. The van der Waals surface area contributed by atoms with Crippen molar-refractivity contribution in [2.24, 2.45) is 0 Å². The number of carbonyl (C=O) groups is 1. The van der Waals surface area contributed by atoms with Gasteiger partial charge in [0.2, 0.25) is 5.91 Å². The second kappa shape index (κ2) is 6.56. The van der Waals surface area contributed by atoms with E-state index in [0.29, 0.717) is 18.6 Å². The highest BCUT2D eigenvalue weighted by atomic mass is 19.1. The van der Waals surface area contributed by atoms with Crippen LogP contribution < -0.4 is 5.32 Å². The highest BCUT2D eigenvalue weighted by Gasteiger charge is 2.30. The quantitative estimate of drug-likeness (QED) is 0.874. The molecule has 0 spiro atoms. The number of halogens is 1. The largest absolute Gasteiger partial charge is 0.352 e. The van der Waals surface area contributed by atoms with Gasteiger partial charge in [-0.25, -0.2) is 4.39 Å². The second-order valence-electron chi connectivity index (χ2n) is 6.31. The van der Waals surface area contributed by atoms with Gasteiger partial charge in [0.05, 0.1) is 6.54 Å². The van der Waals surface area contributed by atoms with E-state index in [2.05, 4.69) is 10.2 Å². The molecule has 1 N–H and O–H groups in total. The third-order valence-electron chi connectivity index (χ3n) is 4.43. The molecule has 0 aromatic heterocycles. The fourth-order valence-corrected chi connectivity index (χ4v) is 3.11. The number of benzene rings is 1. The molecule has 0 aliphatic heterocycles. The molecule has 0 unspecified atom stereocenters. The summed E-state index contributed by atoms with van der Waals surface area (Å²) >= 11 is 0. The molecule has 1 aromatic carbocycles. The van der Waals surface area contributed by atoms with Crippen molar-refractivity contribution in [1.82, 2.24) is 10.2 Å². The molecular weight excluding hydrogens is 267 g/mol. The molecule has 3 nitrogen and oxygen atoms in total. The highest BCUT2D eigenvalue weighted by Crippen LogP contribution is 2.28. The molecule has 2 saturated carbocycles. The Morgan fingerprint density at radius 3 is 2.43 bits per heavy atom. The Balaban J connectivity index is 1.54. The lowest BCUT2D eigenvalue weighted by molar-refractivity contribution is -0.123. The Bertz CT molecular complexity index is 478. The van der Waals surface area contributed by atoms with Crippen molar-refractivity contribution in [3.63, 3.8) is 0 Å². The van der Waals surface area contributed by atoms with Crippen LogP contribution in [0.3, 0.4) is 0 Å². The summed E-state index contributed by atoms with van der Waals surface area (Å²) in [5.41, 5.74) is 1.07. The van der Waals surface area contributed by atoms with Crippen molar-refractivity contribution >= 4 is 5.91 Å². The number of amides is 1. The first-order valence-corrected chi connectivity index (χ1v) is 7.98. The van der Waals surface area contributed by atoms with Crippen LogP contribution in [0, 0.1) is 5.82 Å². The van der Waals surface area contributed by atoms with E-state index in [1.165, 1.54) is 25.0 Å². The van der Waals surface area contributed by atoms with E-state index in [9.17, 15) is 9.18 Å². The van der Waals surface area contributed by atoms with Crippen molar-refractivity contribution in [3.8, 4) is 0 Å². The summed E-state index contributed by atoms with van der Waals surface area (Å²) in [5, 5.41) is 3.15. The van der Waals surface area contributed by atoms with Crippen LogP contribution >= 0.6 is 0 Å². The monoisotopic (exact) mass is 290 g/mol. The van der Waals surface area contributed by atoms with Crippen LogP contribution in [0.15, 0.2) is 24.3 Å². The van der Waals surface area contributed by atoms with Crippen LogP contribution in [0.1, 0.15) is 44.1 Å². The van der Waals surface area contributed by atoms with Gasteiger partial charge in [0, 0.05) is 18.6 Å². The standard InChI is InChI=1S/C17H23FN2O/c18-14-7-5-13(6-8-14)11-20(16-9-10-16)12-17(21)19-15-3-1-2-4-15/h5-8,15-16H,1-4,9-12H2,(H,19,21). The Kier molecular flexibility index (Phi) is 4.54. The molecule has 114 valence electrons. The minimum atomic E-state index is -0.212. The molecule has 4 heteroatoms. The molecule has 1 amide bonds. The second-order valence-corrected chi connectivity index (χ2v) is 6.31. The Morgan fingerprint density at radius 2 is 1.81 bits per heavy atom. The summed E-state index contributed by atoms with van der Waals surface area (Å²) in [5.74, 6) is -0.0772. The first-order chi connectivity index (χ1) is 10.2. The first-order valence-electron chi connectivity index (χ1n) is 7.98. The highest BCUT2D eigenvalue weighted by molar-refractivity contribution is 5.78. The summed E-state index contributed by atoms with van der Waals surface area (Å²) in [7, 11) is 0. The molecule has 2 aliphatic carbocycles. The van der Waals surface area contributed by atoms with E-state index >= 15 is 0 Å². The van der Waals surface area contributed by atoms with Crippen LogP contribution in [0.4, 0.5) is 4.39 Å². The van der Waals surface area contributed by atoms with Crippen molar-refractivity contribution in [2.45, 2.75) is 57.2 Å². The minimum absolute atomic E-state index is 0.135. The predicted octanol–water partition coefficient (Wildman–Crippen LogP) is 2.85. The van der Waals surface area contributed by atoms with Gasteiger partial charge in [0.15, 0.2) is 0 Å². The molecule has 0 saturated heterocycles. The van der Waals surface area contributed by atoms with E-state index in [0.717, 1.165) is 37.8 Å². The van der Waals surface area contributed by atoms with E-state index < -0.39 is 0 Å². The van der Waals surface area contributed by atoms with Gasteiger partial charge < -0.3 is 5.32 Å². The third kappa shape index (κ3) is 4.27. The maximum Gasteiger partial charge on any atom is 0.234 e. The molecule has 0 bridgehead atoms. The van der Waals surface area contributed by atoms with Crippen LogP contribution in [0.2, 0.25) is 0 Å². The van der Waals surface area contributed by atoms with Crippen molar-refractivity contribution in [3.05, 3.63) is 35.6 Å². The Hall–Kier alpha value is -1.42. The summed E-state index contributed by atoms with van der Waals surface area (Å²) in [6.07, 6.45) is 7.02. The Labute approximate surface area is 125 Å².